The van der Waals surface area contributed by atoms with E-state index in [0.717, 1.165) is 22.5 Å². The maximum atomic E-state index is 12.1. The highest BCUT2D eigenvalue weighted by Crippen LogP contribution is 2.41. The molecule has 0 bridgehead atoms. The zero-order valence-corrected chi connectivity index (χ0v) is 13.6. The summed E-state index contributed by atoms with van der Waals surface area (Å²) in [6, 6.07) is 11.6. The van der Waals surface area contributed by atoms with Crippen LogP contribution in [0.3, 0.4) is 0 Å². The average molecular weight is 346 g/mol. The van der Waals surface area contributed by atoms with Crippen molar-refractivity contribution in [1.29, 1.82) is 0 Å². The number of carbonyl (C=O) groups excluding carboxylic acids is 1. The molecular weight excluding hydrogens is 332 g/mol. The number of H-pyrrole nitrogens is 1. The summed E-state index contributed by atoms with van der Waals surface area (Å²) in [5.41, 5.74) is 3.66. The minimum absolute atomic E-state index is 0.0552. The lowest BCUT2D eigenvalue weighted by Crippen LogP contribution is -2.23. The van der Waals surface area contributed by atoms with Gasteiger partial charge in [-0.15, -0.1) is 0 Å². The van der Waals surface area contributed by atoms with Crippen LogP contribution in [0.15, 0.2) is 59.7 Å². The molecule has 8 heteroatoms. The number of hydrogen-bond acceptors (Lipinski definition) is 5. The molecule has 128 valence electrons. The van der Waals surface area contributed by atoms with E-state index in [4.69, 9.17) is 4.42 Å². The number of fused-ring (bicyclic) bond motifs is 1. The number of rotatable bonds is 3. The van der Waals surface area contributed by atoms with Gasteiger partial charge in [-0.2, -0.15) is 10.2 Å². The number of nitrogens with zero attached hydrogens (tertiary/aromatic N) is 4. The number of hydrogen-bond donors (Lipinski definition) is 2. The van der Waals surface area contributed by atoms with Gasteiger partial charge < -0.3 is 9.73 Å². The lowest BCUT2D eigenvalue weighted by molar-refractivity contribution is -0.116. The zero-order valence-electron chi connectivity index (χ0n) is 13.6. The van der Waals surface area contributed by atoms with Crippen molar-refractivity contribution in [3.63, 3.8) is 0 Å². The van der Waals surface area contributed by atoms with Crippen LogP contribution in [0.5, 0.6) is 0 Å². The largest absolute Gasteiger partial charge is 0.463 e. The topological polar surface area (TPSA) is 102 Å². The van der Waals surface area contributed by atoms with Gasteiger partial charge in [-0.25, -0.2) is 9.67 Å². The van der Waals surface area contributed by atoms with Crippen molar-refractivity contribution in [2.45, 2.75) is 12.3 Å². The summed E-state index contributed by atoms with van der Waals surface area (Å²) in [6.07, 6.45) is 5.10. The fraction of sp³-hybridized carbons (Fsp3) is 0.111. The van der Waals surface area contributed by atoms with E-state index in [1.165, 1.54) is 6.33 Å². The summed E-state index contributed by atoms with van der Waals surface area (Å²) in [6.45, 7) is 0. The molecule has 5 rings (SSSR count). The van der Waals surface area contributed by atoms with E-state index < -0.39 is 0 Å². The van der Waals surface area contributed by atoms with Crippen molar-refractivity contribution in [3.8, 4) is 17.1 Å². The summed E-state index contributed by atoms with van der Waals surface area (Å²) in [5, 5.41) is 14.2. The van der Waals surface area contributed by atoms with E-state index in [1.807, 2.05) is 36.4 Å². The third-order valence-corrected chi connectivity index (χ3v) is 4.55. The van der Waals surface area contributed by atoms with Crippen molar-refractivity contribution in [3.05, 3.63) is 66.4 Å². The molecule has 1 amide bonds. The molecule has 1 aromatic carbocycles. The first-order valence-corrected chi connectivity index (χ1v) is 8.16. The number of nitrogens with one attached hydrogen (secondary N) is 2. The molecule has 0 radical (unpaired) electrons. The SMILES string of the molecule is O=C1CC(c2ccc(-n3cncn3)cc2)c2c(n[nH]c2-c2ccco2)N1. The van der Waals surface area contributed by atoms with Crippen LogP contribution in [0.25, 0.3) is 17.1 Å². The second kappa shape index (κ2) is 5.69. The van der Waals surface area contributed by atoms with Crippen molar-refractivity contribution in [2.75, 3.05) is 5.32 Å². The quantitative estimate of drug-likeness (QED) is 0.594. The highest BCUT2D eigenvalue weighted by molar-refractivity contribution is 5.95. The van der Waals surface area contributed by atoms with Gasteiger partial charge in [0.25, 0.3) is 0 Å². The minimum Gasteiger partial charge on any atom is -0.463 e. The van der Waals surface area contributed by atoms with Gasteiger partial charge in [0.2, 0.25) is 5.91 Å². The predicted octanol–water partition coefficient (Wildman–Crippen LogP) is 2.72. The van der Waals surface area contributed by atoms with Gasteiger partial charge in [0.15, 0.2) is 11.6 Å². The van der Waals surface area contributed by atoms with Crippen LogP contribution in [0.4, 0.5) is 5.82 Å². The van der Waals surface area contributed by atoms with Gasteiger partial charge in [-0.1, -0.05) is 12.1 Å². The fourth-order valence-electron chi connectivity index (χ4n) is 3.35. The first kappa shape index (κ1) is 14.6. The molecule has 1 atom stereocenters. The Morgan fingerprint density at radius 2 is 2.08 bits per heavy atom. The monoisotopic (exact) mass is 346 g/mol. The first-order chi connectivity index (χ1) is 12.8. The van der Waals surface area contributed by atoms with Crippen molar-refractivity contribution in [1.82, 2.24) is 25.0 Å². The molecule has 26 heavy (non-hydrogen) atoms. The molecule has 1 aliphatic heterocycles. The highest BCUT2D eigenvalue weighted by atomic mass is 16.3. The third kappa shape index (κ3) is 2.31. The van der Waals surface area contributed by atoms with Crippen LogP contribution in [0, 0.1) is 0 Å². The van der Waals surface area contributed by atoms with Crippen molar-refractivity contribution in [2.24, 2.45) is 0 Å². The number of aromatic nitrogens is 5. The molecule has 0 fully saturated rings. The standard InChI is InChI=1S/C18H14N6O2/c25-15-8-13(11-3-5-12(6-4-11)24-10-19-9-20-24)16-17(14-2-1-7-26-14)22-23-18(16)21-15/h1-7,9-10,13H,8H2,(H2,21,22,23,25). The summed E-state index contributed by atoms with van der Waals surface area (Å²) < 4.78 is 7.21. The van der Waals surface area contributed by atoms with Gasteiger partial charge in [0, 0.05) is 17.9 Å². The van der Waals surface area contributed by atoms with Crippen LogP contribution < -0.4 is 5.32 Å². The fourth-order valence-corrected chi connectivity index (χ4v) is 3.35. The Morgan fingerprint density at radius 1 is 1.19 bits per heavy atom. The van der Waals surface area contributed by atoms with Gasteiger partial charge in [0.1, 0.15) is 18.3 Å². The lowest BCUT2D eigenvalue weighted by Gasteiger charge is -2.23. The molecule has 3 aromatic heterocycles. The van der Waals surface area contributed by atoms with Crippen LogP contribution in [-0.4, -0.2) is 30.9 Å². The molecule has 4 aromatic rings. The molecule has 4 heterocycles. The molecule has 0 aliphatic carbocycles. The Morgan fingerprint density at radius 3 is 2.81 bits per heavy atom. The summed E-state index contributed by atoms with van der Waals surface area (Å²) in [5.74, 6) is 1.08. The number of aromatic amines is 1. The molecule has 1 unspecified atom stereocenters. The average Bonchev–Trinajstić information content (AvgIpc) is 3.41. The second-order valence-electron chi connectivity index (χ2n) is 6.07. The van der Waals surface area contributed by atoms with Crippen LogP contribution >= 0.6 is 0 Å². The maximum absolute atomic E-state index is 12.1. The summed E-state index contributed by atoms with van der Waals surface area (Å²) >= 11 is 0. The van der Waals surface area contributed by atoms with Crippen molar-refractivity contribution < 1.29 is 9.21 Å². The molecule has 2 N–H and O–H groups in total. The Hall–Kier alpha value is -3.68. The summed E-state index contributed by atoms with van der Waals surface area (Å²) in [4.78, 5) is 16.1. The minimum atomic E-state index is -0.109. The number of benzene rings is 1. The Kier molecular flexibility index (Phi) is 3.21. The van der Waals surface area contributed by atoms with Crippen LogP contribution in [-0.2, 0) is 4.79 Å². The van der Waals surface area contributed by atoms with Gasteiger partial charge in [0.05, 0.1) is 12.0 Å². The van der Waals surface area contributed by atoms with E-state index in [0.29, 0.717) is 18.0 Å². The Bertz CT molecular complexity index is 1050. The molecule has 0 spiro atoms. The third-order valence-electron chi connectivity index (χ3n) is 4.55. The molecular formula is C18H14N6O2. The van der Waals surface area contributed by atoms with Crippen LogP contribution in [0.2, 0.25) is 0 Å². The first-order valence-electron chi connectivity index (χ1n) is 8.16. The van der Waals surface area contributed by atoms with E-state index in [-0.39, 0.29) is 11.8 Å². The number of furan rings is 1. The predicted molar refractivity (Wildman–Crippen MR) is 92.7 cm³/mol. The smallest absolute Gasteiger partial charge is 0.226 e. The number of amides is 1. The lowest BCUT2D eigenvalue weighted by atomic mass is 9.85. The van der Waals surface area contributed by atoms with Crippen LogP contribution in [0.1, 0.15) is 23.5 Å². The van der Waals surface area contributed by atoms with E-state index in [9.17, 15) is 4.79 Å². The van der Waals surface area contributed by atoms with E-state index >= 15 is 0 Å². The highest BCUT2D eigenvalue weighted by Gasteiger charge is 2.32. The second-order valence-corrected chi connectivity index (χ2v) is 6.07. The maximum Gasteiger partial charge on any atom is 0.226 e. The zero-order chi connectivity index (χ0) is 17.5. The number of anilines is 1. The van der Waals surface area contributed by atoms with E-state index in [2.05, 4.69) is 25.6 Å². The van der Waals surface area contributed by atoms with Crippen molar-refractivity contribution >= 4 is 11.7 Å². The van der Waals surface area contributed by atoms with E-state index in [1.54, 1.807) is 17.3 Å². The van der Waals surface area contributed by atoms with Gasteiger partial charge in [-0.05, 0) is 29.8 Å². The summed E-state index contributed by atoms with van der Waals surface area (Å²) in [7, 11) is 0. The Labute approximate surface area is 147 Å². The normalized spacial score (nSPS) is 16.3. The number of carbonyl (C=O) groups is 1. The molecule has 1 aliphatic rings. The molecule has 0 saturated heterocycles. The van der Waals surface area contributed by atoms with Gasteiger partial charge >= 0.3 is 0 Å². The Balaban J connectivity index is 1.58. The molecule has 0 saturated carbocycles. The van der Waals surface area contributed by atoms with Gasteiger partial charge in [-0.3, -0.25) is 9.89 Å². The molecule has 8 nitrogen and oxygen atoms in total.